The average molecular weight is 423 g/mol. The van der Waals surface area contributed by atoms with Crippen molar-refractivity contribution in [3.63, 3.8) is 0 Å². The monoisotopic (exact) mass is 423 g/mol. The van der Waals surface area contributed by atoms with Gasteiger partial charge in [-0.1, -0.05) is 30.5 Å². The highest BCUT2D eigenvalue weighted by atomic mass is 32.2. The van der Waals surface area contributed by atoms with Gasteiger partial charge in [0.25, 0.3) is 11.8 Å². The molecule has 0 aromatic heterocycles. The van der Waals surface area contributed by atoms with E-state index in [-0.39, 0.29) is 21.1 Å². The number of thioether (sulfide) groups is 1. The zero-order valence-electron chi connectivity index (χ0n) is 15.3. The van der Waals surface area contributed by atoms with Crippen molar-refractivity contribution in [2.45, 2.75) is 30.8 Å². The van der Waals surface area contributed by atoms with Gasteiger partial charge in [-0.2, -0.15) is 13.2 Å². The van der Waals surface area contributed by atoms with Gasteiger partial charge in [0, 0.05) is 4.90 Å². The largest absolute Gasteiger partial charge is 0.417 e. The number of alkyl halides is 3. The van der Waals surface area contributed by atoms with Crippen LogP contribution in [-0.2, 0) is 11.0 Å². The molecule has 29 heavy (non-hydrogen) atoms. The molecule has 0 bridgehead atoms. The van der Waals surface area contributed by atoms with Crippen molar-refractivity contribution in [3.8, 4) is 0 Å². The van der Waals surface area contributed by atoms with Crippen molar-refractivity contribution in [1.82, 2.24) is 5.06 Å². The summed E-state index contributed by atoms with van der Waals surface area (Å²) in [6, 6.07) is 8.93. The third-order valence-corrected chi connectivity index (χ3v) is 5.37. The van der Waals surface area contributed by atoms with Crippen LogP contribution in [0.5, 0.6) is 0 Å². The first kappa shape index (κ1) is 20.9. The molecule has 1 aliphatic heterocycles. The van der Waals surface area contributed by atoms with Gasteiger partial charge >= 0.3 is 12.1 Å². The van der Waals surface area contributed by atoms with Crippen LogP contribution in [0.15, 0.2) is 47.4 Å². The van der Waals surface area contributed by atoms with Crippen LogP contribution in [0.2, 0.25) is 0 Å². The number of benzene rings is 2. The molecular weight excluding hydrogens is 407 g/mol. The van der Waals surface area contributed by atoms with Crippen molar-refractivity contribution in [1.29, 1.82) is 0 Å². The van der Waals surface area contributed by atoms with Crippen LogP contribution in [0.3, 0.4) is 0 Å². The summed E-state index contributed by atoms with van der Waals surface area (Å²) in [6.45, 7) is 1.93. The Labute approximate surface area is 168 Å². The number of unbranched alkanes of at least 4 members (excludes halogenated alkanes) is 1. The van der Waals surface area contributed by atoms with E-state index in [2.05, 4.69) is 0 Å². The standard InChI is InChI=1S/C20H16F3NO4S/c1-2-3-10-29-16-9-8-12(11-15(16)20(21,22)23)19(27)28-24-17(25)13-6-4-5-7-14(13)18(24)26/h4-9,11H,2-3,10H2,1H3. The summed E-state index contributed by atoms with van der Waals surface area (Å²) in [7, 11) is 0. The minimum Gasteiger partial charge on any atom is -0.324 e. The molecule has 0 unspecified atom stereocenters. The summed E-state index contributed by atoms with van der Waals surface area (Å²) < 4.78 is 40.3. The van der Waals surface area contributed by atoms with Crippen LogP contribution < -0.4 is 0 Å². The Kier molecular flexibility index (Phi) is 5.97. The Balaban J connectivity index is 1.83. The molecule has 9 heteroatoms. The summed E-state index contributed by atoms with van der Waals surface area (Å²) in [5.41, 5.74) is -1.25. The molecule has 1 aliphatic rings. The van der Waals surface area contributed by atoms with Gasteiger partial charge in [-0.05, 0) is 42.5 Å². The Morgan fingerprint density at radius 2 is 1.69 bits per heavy atom. The second kappa shape index (κ2) is 8.28. The third kappa shape index (κ3) is 4.29. The molecule has 3 rings (SSSR count). The number of carbonyl (C=O) groups is 3. The number of hydroxylamine groups is 2. The van der Waals surface area contributed by atoms with Crippen LogP contribution in [0.25, 0.3) is 0 Å². The maximum absolute atomic E-state index is 13.4. The summed E-state index contributed by atoms with van der Waals surface area (Å²) in [4.78, 5) is 41.7. The fourth-order valence-electron chi connectivity index (χ4n) is 2.72. The molecule has 5 nitrogen and oxygen atoms in total. The number of nitrogens with zero attached hydrogens (tertiary/aromatic N) is 1. The van der Waals surface area contributed by atoms with Crippen LogP contribution in [0.4, 0.5) is 13.2 Å². The lowest BCUT2D eigenvalue weighted by molar-refractivity contribution is -0.139. The van der Waals surface area contributed by atoms with Crippen molar-refractivity contribution in [2.24, 2.45) is 0 Å². The highest BCUT2D eigenvalue weighted by Gasteiger charge is 2.39. The lowest BCUT2D eigenvalue weighted by Gasteiger charge is -2.16. The predicted molar refractivity (Wildman–Crippen MR) is 99.4 cm³/mol. The summed E-state index contributed by atoms with van der Waals surface area (Å²) in [5.74, 6) is -2.41. The van der Waals surface area contributed by atoms with Gasteiger partial charge in [-0.3, -0.25) is 9.59 Å². The molecule has 0 aliphatic carbocycles. The average Bonchev–Trinajstić information content (AvgIpc) is 2.93. The first-order valence-corrected chi connectivity index (χ1v) is 9.76. The second-order valence-electron chi connectivity index (χ2n) is 6.24. The molecule has 0 saturated carbocycles. The lowest BCUT2D eigenvalue weighted by Crippen LogP contribution is -2.32. The van der Waals surface area contributed by atoms with Gasteiger partial charge < -0.3 is 4.84 Å². The molecule has 0 saturated heterocycles. The molecule has 0 spiro atoms. The van der Waals surface area contributed by atoms with Gasteiger partial charge in [0.05, 0.1) is 22.3 Å². The van der Waals surface area contributed by atoms with Gasteiger partial charge in [-0.25, -0.2) is 4.79 Å². The molecule has 0 atom stereocenters. The first-order chi connectivity index (χ1) is 13.7. The summed E-state index contributed by atoms with van der Waals surface area (Å²) in [5, 5.41) is 0.268. The van der Waals surface area contributed by atoms with Crippen LogP contribution >= 0.6 is 11.8 Å². The molecule has 152 valence electrons. The molecule has 0 fully saturated rings. The van der Waals surface area contributed by atoms with E-state index in [0.29, 0.717) is 11.8 Å². The van der Waals surface area contributed by atoms with Crippen LogP contribution in [0, 0.1) is 0 Å². The van der Waals surface area contributed by atoms with Crippen molar-refractivity contribution in [3.05, 3.63) is 64.7 Å². The number of fused-ring (bicyclic) bond motifs is 1. The maximum atomic E-state index is 13.4. The molecule has 0 N–H and O–H groups in total. The normalized spacial score (nSPS) is 13.6. The minimum absolute atomic E-state index is 0.00299. The van der Waals surface area contributed by atoms with E-state index in [1.54, 1.807) is 12.1 Å². The van der Waals surface area contributed by atoms with Crippen LogP contribution in [-0.4, -0.2) is 28.6 Å². The fraction of sp³-hybridized carbons (Fsp3) is 0.250. The maximum Gasteiger partial charge on any atom is 0.417 e. The van der Waals surface area contributed by atoms with E-state index in [1.165, 1.54) is 24.3 Å². The molecule has 2 aromatic carbocycles. The number of hydrogen-bond donors (Lipinski definition) is 0. The fourth-order valence-corrected chi connectivity index (χ4v) is 3.86. The third-order valence-electron chi connectivity index (χ3n) is 4.21. The van der Waals surface area contributed by atoms with Crippen LogP contribution in [0.1, 0.15) is 56.4 Å². The van der Waals surface area contributed by atoms with Crippen molar-refractivity contribution in [2.75, 3.05) is 5.75 Å². The molecule has 0 radical (unpaired) electrons. The SMILES string of the molecule is CCCCSc1ccc(C(=O)ON2C(=O)c3ccccc3C2=O)cc1C(F)(F)F. The number of rotatable bonds is 6. The Morgan fingerprint density at radius 1 is 1.07 bits per heavy atom. The smallest absolute Gasteiger partial charge is 0.324 e. The number of imide groups is 1. The highest BCUT2D eigenvalue weighted by molar-refractivity contribution is 7.99. The number of amides is 2. The Bertz CT molecular complexity index is 939. The van der Waals surface area contributed by atoms with Crippen molar-refractivity contribution >= 4 is 29.5 Å². The lowest BCUT2D eigenvalue weighted by atomic mass is 10.1. The predicted octanol–water partition coefficient (Wildman–Crippen LogP) is 4.97. The van der Waals surface area contributed by atoms with Gasteiger partial charge in [0.1, 0.15) is 0 Å². The number of carbonyl (C=O) groups excluding carboxylic acids is 3. The van der Waals surface area contributed by atoms with E-state index < -0.39 is 35.1 Å². The second-order valence-corrected chi connectivity index (χ2v) is 7.38. The van der Waals surface area contributed by atoms with E-state index >= 15 is 0 Å². The van der Waals surface area contributed by atoms with Gasteiger partial charge in [-0.15, -0.1) is 11.8 Å². The van der Waals surface area contributed by atoms with E-state index in [4.69, 9.17) is 4.84 Å². The summed E-state index contributed by atoms with van der Waals surface area (Å²) >= 11 is 1.05. The quantitative estimate of drug-likeness (QED) is 0.373. The zero-order chi connectivity index (χ0) is 21.2. The molecule has 2 amide bonds. The molecule has 1 heterocycles. The number of halogens is 3. The molecule has 2 aromatic rings. The zero-order valence-corrected chi connectivity index (χ0v) is 16.1. The topological polar surface area (TPSA) is 63.7 Å². The molecular formula is C20H16F3NO4S. The number of hydrogen-bond acceptors (Lipinski definition) is 5. The minimum atomic E-state index is -4.67. The van der Waals surface area contributed by atoms with Crippen molar-refractivity contribution < 1.29 is 32.4 Å². The van der Waals surface area contributed by atoms with E-state index in [9.17, 15) is 27.6 Å². The van der Waals surface area contributed by atoms with Gasteiger partial charge in [0.15, 0.2) is 0 Å². The summed E-state index contributed by atoms with van der Waals surface area (Å²) in [6.07, 6.45) is -3.06. The Morgan fingerprint density at radius 3 is 2.24 bits per heavy atom. The first-order valence-electron chi connectivity index (χ1n) is 8.78. The van der Waals surface area contributed by atoms with Gasteiger partial charge in [0.2, 0.25) is 0 Å². The van der Waals surface area contributed by atoms with E-state index in [0.717, 1.165) is 24.6 Å². The highest BCUT2D eigenvalue weighted by Crippen LogP contribution is 2.38. The Hall–Kier alpha value is -2.81. The van der Waals surface area contributed by atoms with E-state index in [1.807, 2.05) is 6.92 Å².